The predicted octanol–water partition coefficient (Wildman–Crippen LogP) is 2.91. The summed E-state index contributed by atoms with van der Waals surface area (Å²) in [6, 6.07) is 10.5. The summed E-state index contributed by atoms with van der Waals surface area (Å²) in [5, 5.41) is 10.9. The van der Waals surface area contributed by atoms with E-state index in [1.165, 1.54) is 19.1 Å². The number of carbonyl (C=O) groups excluding carboxylic acids is 2. The van der Waals surface area contributed by atoms with Crippen molar-refractivity contribution in [3.63, 3.8) is 0 Å². The van der Waals surface area contributed by atoms with E-state index >= 15 is 0 Å². The standard InChI is InChI=1S/C17H16N2O5/c1-10-3-5-12(6-4-10)16(20)11(2)24-17(21)13-7-8-14(18)15(9-13)19(22)23/h3-9,11H,18H2,1-2H3/t11-/m1/s1. The minimum absolute atomic E-state index is 0.0422. The summed E-state index contributed by atoms with van der Waals surface area (Å²) in [5.41, 5.74) is 6.42. The van der Waals surface area contributed by atoms with E-state index in [1.54, 1.807) is 24.3 Å². The monoisotopic (exact) mass is 328 g/mol. The largest absolute Gasteiger partial charge is 0.451 e. The lowest BCUT2D eigenvalue weighted by Gasteiger charge is -2.12. The Labute approximate surface area is 138 Å². The number of nitro groups is 1. The normalized spacial score (nSPS) is 11.6. The molecule has 2 aromatic rings. The van der Waals surface area contributed by atoms with Gasteiger partial charge in [-0.2, -0.15) is 0 Å². The Kier molecular flexibility index (Phi) is 4.93. The zero-order chi connectivity index (χ0) is 17.9. The molecule has 7 heteroatoms. The number of hydrogen-bond acceptors (Lipinski definition) is 6. The van der Waals surface area contributed by atoms with E-state index in [0.717, 1.165) is 11.6 Å². The molecule has 7 nitrogen and oxygen atoms in total. The SMILES string of the molecule is Cc1ccc(C(=O)[C@@H](C)OC(=O)c2ccc(N)c([N+](=O)[O-])c2)cc1. The molecule has 0 aliphatic heterocycles. The molecule has 0 saturated heterocycles. The molecule has 0 bridgehead atoms. The van der Waals surface area contributed by atoms with Crippen LogP contribution in [-0.4, -0.2) is 22.8 Å². The van der Waals surface area contributed by atoms with E-state index in [2.05, 4.69) is 0 Å². The fraction of sp³-hybridized carbons (Fsp3) is 0.176. The first kappa shape index (κ1) is 17.1. The Morgan fingerprint density at radius 2 is 1.71 bits per heavy atom. The maximum atomic E-state index is 12.2. The quantitative estimate of drug-likeness (QED) is 0.297. The molecule has 2 aromatic carbocycles. The molecule has 0 unspecified atom stereocenters. The van der Waals surface area contributed by atoms with Crippen molar-refractivity contribution in [1.82, 2.24) is 0 Å². The molecule has 0 radical (unpaired) electrons. The Balaban J connectivity index is 2.14. The van der Waals surface area contributed by atoms with Crippen molar-refractivity contribution in [3.05, 3.63) is 69.3 Å². The molecular weight excluding hydrogens is 312 g/mol. The van der Waals surface area contributed by atoms with Crippen molar-refractivity contribution in [2.24, 2.45) is 0 Å². The molecule has 0 aliphatic carbocycles. The predicted molar refractivity (Wildman–Crippen MR) is 87.9 cm³/mol. The third-order valence-corrected chi connectivity index (χ3v) is 3.45. The van der Waals surface area contributed by atoms with Gasteiger partial charge in [-0.1, -0.05) is 29.8 Å². The van der Waals surface area contributed by atoms with Crippen molar-refractivity contribution < 1.29 is 19.2 Å². The molecule has 0 saturated carbocycles. The summed E-state index contributed by atoms with van der Waals surface area (Å²) in [7, 11) is 0. The number of benzene rings is 2. The van der Waals surface area contributed by atoms with Crippen LogP contribution in [0.1, 0.15) is 33.2 Å². The fourth-order valence-electron chi connectivity index (χ4n) is 2.06. The first-order chi connectivity index (χ1) is 11.3. The van der Waals surface area contributed by atoms with Crippen LogP contribution in [0.5, 0.6) is 0 Å². The van der Waals surface area contributed by atoms with E-state index in [4.69, 9.17) is 10.5 Å². The smallest absolute Gasteiger partial charge is 0.339 e. The minimum Gasteiger partial charge on any atom is -0.451 e. The van der Waals surface area contributed by atoms with Crippen molar-refractivity contribution >= 4 is 23.1 Å². The summed E-state index contributed by atoms with van der Waals surface area (Å²) in [6.45, 7) is 3.34. The van der Waals surface area contributed by atoms with E-state index in [9.17, 15) is 19.7 Å². The molecular formula is C17H16N2O5. The fourth-order valence-corrected chi connectivity index (χ4v) is 2.06. The van der Waals surface area contributed by atoms with E-state index in [-0.39, 0.29) is 22.7 Å². The zero-order valence-corrected chi connectivity index (χ0v) is 13.2. The zero-order valence-electron chi connectivity index (χ0n) is 13.2. The minimum atomic E-state index is -1.02. The van der Waals surface area contributed by atoms with Gasteiger partial charge in [-0.05, 0) is 26.0 Å². The Morgan fingerprint density at radius 3 is 2.29 bits per heavy atom. The van der Waals surface area contributed by atoms with Gasteiger partial charge in [0.05, 0.1) is 10.5 Å². The molecule has 124 valence electrons. The van der Waals surface area contributed by atoms with Gasteiger partial charge in [0.2, 0.25) is 5.78 Å². The molecule has 0 amide bonds. The van der Waals surface area contributed by atoms with Crippen LogP contribution in [0.3, 0.4) is 0 Å². The number of hydrogen-bond donors (Lipinski definition) is 1. The number of ether oxygens (including phenoxy) is 1. The third-order valence-electron chi connectivity index (χ3n) is 3.45. The van der Waals surface area contributed by atoms with Crippen LogP contribution in [0, 0.1) is 17.0 Å². The first-order valence-electron chi connectivity index (χ1n) is 7.15. The van der Waals surface area contributed by atoms with Crippen LogP contribution in [0.4, 0.5) is 11.4 Å². The Morgan fingerprint density at radius 1 is 1.12 bits per heavy atom. The highest BCUT2D eigenvalue weighted by Crippen LogP contribution is 2.23. The van der Waals surface area contributed by atoms with Crippen LogP contribution < -0.4 is 5.73 Å². The number of esters is 1. The van der Waals surface area contributed by atoms with Crippen molar-refractivity contribution in [3.8, 4) is 0 Å². The second-order valence-electron chi connectivity index (χ2n) is 5.31. The molecule has 2 N–H and O–H groups in total. The third kappa shape index (κ3) is 3.75. The van der Waals surface area contributed by atoms with Gasteiger partial charge in [0.15, 0.2) is 6.10 Å². The van der Waals surface area contributed by atoms with Crippen LogP contribution in [-0.2, 0) is 4.74 Å². The lowest BCUT2D eigenvalue weighted by Crippen LogP contribution is -2.24. The average Bonchev–Trinajstić information content (AvgIpc) is 2.54. The summed E-state index contributed by atoms with van der Waals surface area (Å²) >= 11 is 0. The number of anilines is 1. The number of nitrogens with zero attached hydrogens (tertiary/aromatic N) is 1. The van der Waals surface area contributed by atoms with Gasteiger partial charge in [-0.25, -0.2) is 4.79 Å². The summed E-state index contributed by atoms with van der Waals surface area (Å²) in [6.07, 6.45) is -1.02. The number of nitrogens with two attached hydrogens (primary N) is 1. The van der Waals surface area contributed by atoms with Gasteiger partial charge in [0.25, 0.3) is 5.69 Å². The maximum absolute atomic E-state index is 12.2. The topological polar surface area (TPSA) is 113 Å². The highest BCUT2D eigenvalue weighted by molar-refractivity contribution is 6.01. The Bertz CT molecular complexity index is 799. The van der Waals surface area contributed by atoms with Crippen LogP contribution >= 0.6 is 0 Å². The molecule has 0 aliphatic rings. The Hall–Kier alpha value is -3.22. The molecule has 0 spiro atoms. The summed E-state index contributed by atoms with van der Waals surface area (Å²) < 4.78 is 5.11. The van der Waals surface area contributed by atoms with Crippen LogP contribution in [0.25, 0.3) is 0 Å². The number of aryl methyl sites for hydroxylation is 1. The van der Waals surface area contributed by atoms with Crippen molar-refractivity contribution in [1.29, 1.82) is 0 Å². The van der Waals surface area contributed by atoms with Gasteiger partial charge in [0, 0.05) is 11.6 Å². The molecule has 0 aromatic heterocycles. The molecule has 0 fully saturated rings. The van der Waals surface area contributed by atoms with E-state index in [1.807, 2.05) is 6.92 Å². The van der Waals surface area contributed by atoms with Gasteiger partial charge in [-0.15, -0.1) is 0 Å². The van der Waals surface area contributed by atoms with Crippen LogP contribution in [0.15, 0.2) is 42.5 Å². The highest BCUT2D eigenvalue weighted by atomic mass is 16.6. The number of rotatable bonds is 5. The summed E-state index contributed by atoms with van der Waals surface area (Å²) in [5.74, 6) is -1.18. The van der Waals surface area contributed by atoms with Gasteiger partial charge < -0.3 is 10.5 Å². The molecule has 0 heterocycles. The van der Waals surface area contributed by atoms with Gasteiger partial charge in [-0.3, -0.25) is 14.9 Å². The number of Topliss-reactive ketones (excluding diaryl/α,β-unsaturated/α-hetero) is 1. The van der Waals surface area contributed by atoms with E-state index in [0.29, 0.717) is 5.56 Å². The van der Waals surface area contributed by atoms with Crippen molar-refractivity contribution in [2.75, 3.05) is 5.73 Å². The maximum Gasteiger partial charge on any atom is 0.339 e. The summed E-state index contributed by atoms with van der Waals surface area (Å²) in [4.78, 5) is 34.5. The van der Waals surface area contributed by atoms with Gasteiger partial charge >= 0.3 is 5.97 Å². The average molecular weight is 328 g/mol. The highest BCUT2D eigenvalue weighted by Gasteiger charge is 2.22. The number of nitrogen functional groups attached to an aromatic ring is 1. The molecule has 1 atom stereocenters. The van der Waals surface area contributed by atoms with E-state index < -0.39 is 17.0 Å². The number of carbonyl (C=O) groups is 2. The molecule has 2 rings (SSSR count). The molecule has 24 heavy (non-hydrogen) atoms. The first-order valence-corrected chi connectivity index (χ1v) is 7.15. The van der Waals surface area contributed by atoms with Crippen LogP contribution in [0.2, 0.25) is 0 Å². The second kappa shape index (κ2) is 6.91. The lowest BCUT2D eigenvalue weighted by molar-refractivity contribution is -0.383. The van der Waals surface area contributed by atoms with Gasteiger partial charge in [0.1, 0.15) is 5.69 Å². The lowest BCUT2D eigenvalue weighted by atomic mass is 10.1. The number of ketones is 1. The van der Waals surface area contributed by atoms with Crippen molar-refractivity contribution in [2.45, 2.75) is 20.0 Å². The number of nitro benzene ring substituents is 1. The second-order valence-corrected chi connectivity index (χ2v) is 5.31.